The van der Waals surface area contributed by atoms with Crippen LogP contribution in [-0.2, 0) is 14.4 Å². The lowest BCUT2D eigenvalue weighted by molar-refractivity contribution is -0.306. The number of rotatable bonds is 13. The molecule has 1 atom stereocenters. The maximum Gasteiger partial charge on any atom is 0.338 e. The SMILES string of the molecule is C=CCCCCCCCC(C=O)ON1C(C)(C)CC(OC(=O)c2ccccc2)CC1(C)C. The van der Waals surface area contributed by atoms with Gasteiger partial charge in [-0.15, -0.1) is 6.58 Å². The molecule has 0 amide bonds. The van der Waals surface area contributed by atoms with Crippen LogP contribution in [0.3, 0.4) is 0 Å². The Morgan fingerprint density at radius 2 is 1.66 bits per heavy atom. The zero-order valence-electron chi connectivity index (χ0n) is 20.3. The highest BCUT2D eigenvalue weighted by Crippen LogP contribution is 2.40. The number of nitrogens with zero attached hydrogens (tertiary/aromatic N) is 1. The number of esters is 1. The average Bonchev–Trinajstić information content (AvgIpc) is 2.74. The van der Waals surface area contributed by atoms with Gasteiger partial charge in [0.25, 0.3) is 0 Å². The van der Waals surface area contributed by atoms with Crippen molar-refractivity contribution in [3.05, 3.63) is 48.6 Å². The van der Waals surface area contributed by atoms with Crippen LogP contribution in [0.15, 0.2) is 43.0 Å². The molecule has 0 aliphatic carbocycles. The second-order valence-corrected chi connectivity index (χ2v) is 10.1. The Morgan fingerprint density at radius 1 is 1.06 bits per heavy atom. The van der Waals surface area contributed by atoms with Gasteiger partial charge in [-0.2, -0.15) is 5.06 Å². The number of aldehydes is 1. The Morgan fingerprint density at radius 3 is 2.25 bits per heavy atom. The summed E-state index contributed by atoms with van der Waals surface area (Å²) in [6.07, 6.45) is 10.9. The van der Waals surface area contributed by atoms with E-state index in [0.29, 0.717) is 18.4 Å². The summed E-state index contributed by atoms with van der Waals surface area (Å²) in [5.41, 5.74) is -0.197. The van der Waals surface area contributed by atoms with Crippen LogP contribution < -0.4 is 0 Å². The lowest BCUT2D eigenvalue weighted by Crippen LogP contribution is -2.63. The molecule has 5 nitrogen and oxygen atoms in total. The van der Waals surface area contributed by atoms with Crippen LogP contribution in [0.4, 0.5) is 0 Å². The molecule has 178 valence electrons. The number of benzene rings is 1. The molecule has 1 aromatic rings. The van der Waals surface area contributed by atoms with E-state index in [1.807, 2.05) is 29.3 Å². The molecule has 0 aromatic heterocycles. The molecule has 2 rings (SSSR count). The minimum absolute atomic E-state index is 0.210. The zero-order valence-corrected chi connectivity index (χ0v) is 20.3. The maximum atomic E-state index is 12.6. The van der Waals surface area contributed by atoms with Crippen LogP contribution in [0.25, 0.3) is 0 Å². The van der Waals surface area contributed by atoms with E-state index in [1.54, 1.807) is 12.1 Å². The van der Waals surface area contributed by atoms with Crippen LogP contribution in [0.2, 0.25) is 0 Å². The van der Waals surface area contributed by atoms with E-state index >= 15 is 0 Å². The first kappa shape index (κ1) is 26.3. The molecule has 0 saturated carbocycles. The Labute approximate surface area is 194 Å². The van der Waals surface area contributed by atoms with Crippen LogP contribution in [0.5, 0.6) is 0 Å². The van der Waals surface area contributed by atoms with Crippen molar-refractivity contribution in [1.82, 2.24) is 5.06 Å². The standard InChI is InChI=1S/C27H41NO4/c1-6-7-8-9-10-11-15-18-23(21-29)32-28-26(2,3)19-24(20-27(28,4)5)31-25(30)22-16-13-12-14-17-22/h6,12-14,16-17,21,23-24H,1,7-11,15,18-20H2,2-5H3. The molecule has 1 fully saturated rings. The monoisotopic (exact) mass is 443 g/mol. The topological polar surface area (TPSA) is 55.8 Å². The number of hydroxylamine groups is 2. The van der Waals surface area contributed by atoms with Gasteiger partial charge in [-0.3, -0.25) is 4.84 Å². The van der Waals surface area contributed by atoms with E-state index < -0.39 is 6.10 Å². The highest BCUT2D eigenvalue weighted by atomic mass is 16.7. The van der Waals surface area contributed by atoms with Crippen molar-refractivity contribution in [1.29, 1.82) is 0 Å². The molecule has 0 spiro atoms. The van der Waals surface area contributed by atoms with Gasteiger partial charge in [0, 0.05) is 23.9 Å². The van der Waals surface area contributed by atoms with E-state index in [2.05, 4.69) is 34.3 Å². The molecular formula is C27H41NO4. The summed E-state index contributed by atoms with van der Waals surface area (Å²) in [5.74, 6) is -0.296. The highest BCUT2D eigenvalue weighted by Gasteiger charge is 2.48. The molecule has 5 heteroatoms. The normalized spacial score (nSPS) is 19.2. The lowest BCUT2D eigenvalue weighted by Gasteiger charge is -2.53. The number of ether oxygens (including phenoxy) is 1. The number of hydrogen-bond donors (Lipinski definition) is 0. The van der Waals surface area contributed by atoms with Crippen molar-refractivity contribution in [2.75, 3.05) is 0 Å². The fraction of sp³-hybridized carbons (Fsp3) is 0.630. The Kier molecular flexibility index (Phi) is 10.1. The molecule has 32 heavy (non-hydrogen) atoms. The van der Waals surface area contributed by atoms with Crippen molar-refractivity contribution in [2.45, 2.75) is 109 Å². The van der Waals surface area contributed by atoms with Gasteiger partial charge in [-0.25, -0.2) is 4.79 Å². The van der Waals surface area contributed by atoms with Gasteiger partial charge < -0.3 is 9.53 Å². The predicted octanol–water partition coefficient (Wildman–Crippen LogP) is 6.28. The van der Waals surface area contributed by atoms with Crippen LogP contribution in [0, 0.1) is 0 Å². The summed E-state index contributed by atoms with van der Waals surface area (Å²) in [4.78, 5) is 30.6. The van der Waals surface area contributed by atoms with Gasteiger partial charge in [-0.1, -0.05) is 50.0 Å². The first-order chi connectivity index (χ1) is 15.2. The van der Waals surface area contributed by atoms with Gasteiger partial charge >= 0.3 is 5.97 Å². The Hall–Kier alpha value is -1.98. The third-order valence-electron chi connectivity index (χ3n) is 6.13. The summed E-state index contributed by atoms with van der Waals surface area (Å²) in [6, 6.07) is 9.09. The smallest absolute Gasteiger partial charge is 0.338 e. The summed E-state index contributed by atoms with van der Waals surface area (Å²) in [7, 11) is 0. The molecule has 1 unspecified atom stereocenters. The Bertz CT molecular complexity index is 710. The second kappa shape index (κ2) is 12.3. The molecular weight excluding hydrogens is 402 g/mol. The number of hydrogen-bond acceptors (Lipinski definition) is 5. The summed E-state index contributed by atoms with van der Waals surface area (Å²) in [6.45, 7) is 12.1. The first-order valence-corrected chi connectivity index (χ1v) is 12.0. The van der Waals surface area contributed by atoms with Crippen molar-refractivity contribution in [3.8, 4) is 0 Å². The molecule has 1 aliphatic rings. The number of allylic oxidation sites excluding steroid dienone is 1. The average molecular weight is 444 g/mol. The summed E-state index contributed by atoms with van der Waals surface area (Å²) < 4.78 is 5.85. The molecule has 1 aromatic carbocycles. The lowest BCUT2D eigenvalue weighted by atomic mass is 9.80. The van der Waals surface area contributed by atoms with E-state index in [4.69, 9.17) is 9.57 Å². The fourth-order valence-corrected chi connectivity index (χ4v) is 4.78. The molecule has 1 heterocycles. The number of piperidine rings is 1. The van der Waals surface area contributed by atoms with Gasteiger partial charge in [-0.05, 0) is 59.1 Å². The van der Waals surface area contributed by atoms with Crippen LogP contribution >= 0.6 is 0 Å². The molecule has 0 radical (unpaired) electrons. The third kappa shape index (κ3) is 7.86. The fourth-order valence-electron chi connectivity index (χ4n) is 4.78. The van der Waals surface area contributed by atoms with Gasteiger partial charge in [0.1, 0.15) is 12.2 Å². The van der Waals surface area contributed by atoms with E-state index in [-0.39, 0.29) is 23.2 Å². The minimum atomic E-state index is -0.454. The zero-order chi connectivity index (χ0) is 23.6. The van der Waals surface area contributed by atoms with Crippen molar-refractivity contribution in [3.63, 3.8) is 0 Å². The third-order valence-corrected chi connectivity index (χ3v) is 6.13. The maximum absolute atomic E-state index is 12.6. The van der Waals surface area contributed by atoms with Gasteiger partial charge in [0.05, 0.1) is 5.56 Å². The first-order valence-electron chi connectivity index (χ1n) is 12.0. The molecule has 0 N–H and O–H groups in total. The van der Waals surface area contributed by atoms with Crippen LogP contribution in [-0.4, -0.2) is 40.6 Å². The molecule has 0 bridgehead atoms. The second-order valence-electron chi connectivity index (χ2n) is 10.1. The molecule has 1 saturated heterocycles. The van der Waals surface area contributed by atoms with Gasteiger partial charge in [0.15, 0.2) is 6.29 Å². The largest absolute Gasteiger partial charge is 0.459 e. The predicted molar refractivity (Wildman–Crippen MR) is 128 cm³/mol. The van der Waals surface area contributed by atoms with Crippen LogP contribution in [0.1, 0.15) is 95.8 Å². The van der Waals surface area contributed by atoms with E-state index in [1.165, 1.54) is 19.3 Å². The number of carbonyl (C=O) groups is 2. The Balaban J connectivity index is 1.91. The number of unbranched alkanes of at least 4 members (excludes halogenated alkanes) is 5. The van der Waals surface area contributed by atoms with Crippen molar-refractivity contribution in [2.24, 2.45) is 0 Å². The molecule has 1 aliphatic heterocycles. The van der Waals surface area contributed by atoms with E-state index in [0.717, 1.165) is 32.0 Å². The minimum Gasteiger partial charge on any atom is -0.459 e. The summed E-state index contributed by atoms with van der Waals surface area (Å²) in [5, 5.41) is 1.97. The van der Waals surface area contributed by atoms with Gasteiger partial charge in [0.2, 0.25) is 0 Å². The summed E-state index contributed by atoms with van der Waals surface area (Å²) >= 11 is 0. The number of carbonyl (C=O) groups excluding carboxylic acids is 2. The van der Waals surface area contributed by atoms with E-state index in [9.17, 15) is 9.59 Å². The quantitative estimate of drug-likeness (QED) is 0.155. The van der Waals surface area contributed by atoms with Crippen molar-refractivity contribution < 1.29 is 19.2 Å². The highest BCUT2D eigenvalue weighted by molar-refractivity contribution is 5.89. The van der Waals surface area contributed by atoms with Crippen molar-refractivity contribution >= 4 is 12.3 Å².